The van der Waals surface area contributed by atoms with E-state index in [0.717, 1.165) is 32.1 Å². The van der Waals surface area contributed by atoms with Gasteiger partial charge in [0.25, 0.3) is 0 Å². The molecule has 0 aromatic rings. The fourth-order valence-corrected chi connectivity index (χ4v) is 7.14. The van der Waals surface area contributed by atoms with Crippen LogP contribution in [0.15, 0.2) is 0 Å². The maximum absolute atomic E-state index is 12.5. The molecule has 4 saturated carbocycles. The third kappa shape index (κ3) is 1.70. The van der Waals surface area contributed by atoms with Crippen molar-refractivity contribution >= 4 is 11.6 Å². The molecule has 23 heavy (non-hydrogen) atoms. The molecule has 1 N–H and O–H groups in total. The monoisotopic (exact) mass is 318 g/mol. The van der Waals surface area contributed by atoms with Crippen LogP contribution in [0.1, 0.15) is 78.6 Å². The number of rotatable bonds is 0. The van der Waals surface area contributed by atoms with Crippen LogP contribution in [0.2, 0.25) is 0 Å². The van der Waals surface area contributed by atoms with Crippen LogP contribution in [0.3, 0.4) is 0 Å². The second-order valence-electron chi connectivity index (χ2n) is 9.66. The zero-order valence-electron chi connectivity index (χ0n) is 14.8. The van der Waals surface area contributed by atoms with Gasteiger partial charge in [0.2, 0.25) is 0 Å². The number of carbonyl (C=O) groups excluding carboxylic acids is 2. The summed E-state index contributed by atoms with van der Waals surface area (Å²) in [6, 6.07) is 0. The second-order valence-corrected chi connectivity index (χ2v) is 9.66. The summed E-state index contributed by atoms with van der Waals surface area (Å²) in [5, 5.41) is 11.6. The maximum atomic E-state index is 12.5. The topological polar surface area (TPSA) is 54.4 Å². The van der Waals surface area contributed by atoms with E-state index in [-0.39, 0.29) is 22.5 Å². The molecule has 3 heteroatoms. The first-order valence-electron chi connectivity index (χ1n) is 9.44. The van der Waals surface area contributed by atoms with Gasteiger partial charge < -0.3 is 5.11 Å². The molecule has 4 aliphatic rings. The van der Waals surface area contributed by atoms with Crippen LogP contribution in [0.4, 0.5) is 0 Å². The van der Waals surface area contributed by atoms with Crippen molar-refractivity contribution < 1.29 is 14.7 Å². The number of ketones is 2. The van der Waals surface area contributed by atoms with Crippen LogP contribution in [0.25, 0.3) is 0 Å². The Morgan fingerprint density at radius 3 is 2.35 bits per heavy atom. The lowest BCUT2D eigenvalue weighted by Gasteiger charge is -2.65. The van der Waals surface area contributed by atoms with Gasteiger partial charge in [0.15, 0.2) is 0 Å². The number of aliphatic hydroxyl groups is 1. The quantitative estimate of drug-likeness (QED) is 0.741. The molecular weight excluding hydrogens is 288 g/mol. The highest BCUT2D eigenvalue weighted by Gasteiger charge is 2.69. The summed E-state index contributed by atoms with van der Waals surface area (Å²) in [5.74, 6) is 1.38. The van der Waals surface area contributed by atoms with Gasteiger partial charge in [0.05, 0.1) is 11.0 Å². The minimum atomic E-state index is -0.807. The molecule has 0 aromatic heterocycles. The fraction of sp³-hybridized carbons (Fsp3) is 0.900. The van der Waals surface area contributed by atoms with Crippen molar-refractivity contribution in [1.29, 1.82) is 0 Å². The van der Waals surface area contributed by atoms with Crippen molar-refractivity contribution in [2.75, 3.05) is 0 Å². The molecule has 4 fully saturated rings. The van der Waals surface area contributed by atoms with Gasteiger partial charge in [-0.15, -0.1) is 0 Å². The smallest absolute Gasteiger partial charge is 0.141 e. The van der Waals surface area contributed by atoms with Crippen molar-refractivity contribution in [2.24, 2.45) is 28.1 Å². The summed E-state index contributed by atoms with van der Waals surface area (Å²) in [6.07, 6.45) is 7.42. The van der Waals surface area contributed by atoms with E-state index in [1.165, 1.54) is 0 Å². The molecule has 0 spiro atoms. The molecule has 0 saturated heterocycles. The number of fused-ring (bicyclic) bond motifs is 5. The normalized spacial score (nSPS) is 56.0. The third-order valence-corrected chi connectivity index (χ3v) is 9.07. The van der Waals surface area contributed by atoms with E-state index in [4.69, 9.17) is 0 Å². The SMILES string of the molecule is C[C@]12CC[C@H]3[C@H](CC[C@@]4(C)C(=O)CC[C@@]34O)[C@]1(C)CCC(=O)C2. The number of Topliss-reactive ketones (excluding diaryl/α,β-unsaturated/α-hetero) is 2. The van der Waals surface area contributed by atoms with Crippen LogP contribution >= 0.6 is 0 Å². The van der Waals surface area contributed by atoms with E-state index < -0.39 is 11.0 Å². The Balaban J connectivity index is 1.75. The van der Waals surface area contributed by atoms with Gasteiger partial charge in [-0.05, 0) is 68.1 Å². The van der Waals surface area contributed by atoms with Gasteiger partial charge in [-0.1, -0.05) is 13.8 Å². The largest absolute Gasteiger partial charge is 0.389 e. The predicted octanol–water partition coefficient (Wildman–Crippen LogP) is 3.67. The molecule has 0 aromatic carbocycles. The summed E-state index contributed by atoms with van der Waals surface area (Å²) < 4.78 is 0. The summed E-state index contributed by atoms with van der Waals surface area (Å²) in [7, 11) is 0. The molecular formula is C20H30O3. The zero-order valence-corrected chi connectivity index (χ0v) is 14.8. The molecule has 0 unspecified atom stereocenters. The Hall–Kier alpha value is -0.700. The Bertz CT molecular complexity index is 583. The molecule has 0 aliphatic heterocycles. The van der Waals surface area contributed by atoms with Crippen molar-refractivity contribution in [3.8, 4) is 0 Å². The molecule has 128 valence electrons. The Morgan fingerprint density at radius 2 is 1.61 bits per heavy atom. The van der Waals surface area contributed by atoms with E-state index in [1.807, 2.05) is 6.92 Å². The van der Waals surface area contributed by atoms with Gasteiger partial charge in [0.1, 0.15) is 11.6 Å². The third-order valence-electron chi connectivity index (χ3n) is 9.07. The Kier molecular flexibility index (Phi) is 3.07. The van der Waals surface area contributed by atoms with Crippen LogP contribution in [-0.4, -0.2) is 22.3 Å². The van der Waals surface area contributed by atoms with Gasteiger partial charge in [-0.2, -0.15) is 0 Å². The lowest BCUT2D eigenvalue weighted by atomic mass is 9.40. The van der Waals surface area contributed by atoms with Gasteiger partial charge >= 0.3 is 0 Å². The van der Waals surface area contributed by atoms with Gasteiger partial charge in [-0.3, -0.25) is 9.59 Å². The lowest BCUT2D eigenvalue weighted by Crippen LogP contribution is -2.64. The van der Waals surface area contributed by atoms with Crippen molar-refractivity contribution in [2.45, 2.75) is 84.2 Å². The molecule has 3 nitrogen and oxygen atoms in total. The predicted molar refractivity (Wildman–Crippen MR) is 87.8 cm³/mol. The maximum Gasteiger partial charge on any atom is 0.141 e. The summed E-state index contributed by atoms with van der Waals surface area (Å²) in [4.78, 5) is 24.5. The van der Waals surface area contributed by atoms with Crippen molar-refractivity contribution in [1.82, 2.24) is 0 Å². The summed E-state index contributed by atoms with van der Waals surface area (Å²) in [6.45, 7) is 6.69. The molecule has 0 heterocycles. The zero-order chi connectivity index (χ0) is 16.7. The average molecular weight is 318 g/mol. The number of carbonyl (C=O) groups is 2. The van der Waals surface area contributed by atoms with Crippen LogP contribution in [0.5, 0.6) is 0 Å². The highest BCUT2D eigenvalue weighted by Crippen LogP contribution is 2.69. The van der Waals surface area contributed by atoms with E-state index in [2.05, 4.69) is 13.8 Å². The molecule has 0 bridgehead atoms. The Labute approximate surface area is 139 Å². The molecule has 0 amide bonds. The summed E-state index contributed by atoms with van der Waals surface area (Å²) in [5.41, 5.74) is -1.12. The van der Waals surface area contributed by atoms with Crippen LogP contribution < -0.4 is 0 Å². The van der Waals surface area contributed by atoms with Crippen LogP contribution in [-0.2, 0) is 9.59 Å². The molecule has 4 aliphatic carbocycles. The first-order chi connectivity index (χ1) is 10.7. The van der Waals surface area contributed by atoms with Crippen LogP contribution in [0, 0.1) is 28.1 Å². The van der Waals surface area contributed by atoms with Crippen molar-refractivity contribution in [3.63, 3.8) is 0 Å². The molecule has 0 radical (unpaired) electrons. The van der Waals surface area contributed by atoms with E-state index in [1.54, 1.807) is 0 Å². The number of hydrogen-bond donors (Lipinski definition) is 1. The Morgan fingerprint density at radius 1 is 0.913 bits per heavy atom. The van der Waals surface area contributed by atoms with Gasteiger partial charge in [0, 0.05) is 19.3 Å². The summed E-state index contributed by atoms with van der Waals surface area (Å²) >= 11 is 0. The average Bonchev–Trinajstić information content (AvgIpc) is 2.73. The minimum Gasteiger partial charge on any atom is -0.389 e. The first-order valence-corrected chi connectivity index (χ1v) is 9.44. The highest BCUT2D eigenvalue weighted by atomic mass is 16.3. The van der Waals surface area contributed by atoms with Crippen molar-refractivity contribution in [3.05, 3.63) is 0 Å². The lowest BCUT2D eigenvalue weighted by molar-refractivity contribution is -0.214. The molecule has 6 atom stereocenters. The number of hydrogen-bond acceptors (Lipinski definition) is 3. The van der Waals surface area contributed by atoms with E-state index in [0.29, 0.717) is 37.4 Å². The standard InChI is InChI=1S/C20H30O3/c1-17-8-5-15-14(18(17,2)9-4-13(21)12-17)6-10-19(3)16(22)7-11-20(15,19)23/h14-15,23H,4-12H2,1-3H3/t14-,15-,17+,18-,19-,20+/m0/s1. The minimum absolute atomic E-state index is 0.0796. The van der Waals surface area contributed by atoms with Gasteiger partial charge in [-0.25, -0.2) is 0 Å². The second kappa shape index (κ2) is 4.47. The highest BCUT2D eigenvalue weighted by molar-refractivity contribution is 5.88. The van der Waals surface area contributed by atoms with E-state index >= 15 is 0 Å². The van der Waals surface area contributed by atoms with E-state index in [9.17, 15) is 14.7 Å². The first kappa shape index (κ1) is 15.8. The fourth-order valence-electron chi connectivity index (χ4n) is 7.14. The molecule has 4 rings (SSSR count).